The van der Waals surface area contributed by atoms with E-state index in [0.29, 0.717) is 0 Å². The second kappa shape index (κ2) is 12.2. The van der Waals surface area contributed by atoms with Crippen LogP contribution in [0.15, 0.2) is 21.9 Å². The molecule has 0 radical (unpaired) electrons. The van der Waals surface area contributed by atoms with Crippen molar-refractivity contribution in [2.45, 2.75) is 114 Å². The van der Waals surface area contributed by atoms with Crippen LogP contribution in [0.5, 0.6) is 0 Å². The number of hydrogen-bond donors (Lipinski definition) is 2. The van der Waals surface area contributed by atoms with Crippen molar-refractivity contribution in [2.75, 3.05) is 19.5 Å². The number of aromatic nitrogens is 2. The number of aliphatic hydroxyl groups is 1. The number of ether oxygens (including phenoxy) is 1. The van der Waals surface area contributed by atoms with Crippen molar-refractivity contribution < 1.29 is 35.4 Å². The standard InChI is InChI=1S/C25H46N2O10SSi2/c1-16(2)39(17(3)4)34-15-20-22(36-40(37-39,18(5)6)19(7)8)25(30,12-10-14-33-38(9,31)32)23(35-20)27-13-11-21(28)26-24(27)29/h11,13,16-20,22-23,30H,10,12,14-15H2,1-9H3,(H,26,28,29)/t20?,22-,23?,25-/m1/s1. The summed E-state index contributed by atoms with van der Waals surface area (Å²) >= 11 is 0. The highest BCUT2D eigenvalue weighted by atomic mass is 32.2. The predicted molar refractivity (Wildman–Crippen MR) is 154 cm³/mol. The molecule has 0 saturated carbocycles. The average Bonchev–Trinajstić information content (AvgIpc) is 3.06. The maximum Gasteiger partial charge on any atom is 0.335 e. The Morgan fingerprint density at radius 1 is 1.07 bits per heavy atom. The third kappa shape index (κ3) is 6.42. The molecule has 2 aliphatic rings. The Labute approximate surface area is 239 Å². The van der Waals surface area contributed by atoms with Gasteiger partial charge in [-0.3, -0.25) is 18.5 Å². The van der Waals surface area contributed by atoms with Crippen LogP contribution in [0.25, 0.3) is 0 Å². The minimum atomic E-state index is -3.69. The van der Waals surface area contributed by atoms with Gasteiger partial charge in [0.2, 0.25) is 0 Å². The maximum atomic E-state index is 12.9. The third-order valence-corrected chi connectivity index (χ3v) is 18.8. The van der Waals surface area contributed by atoms with E-state index in [1.807, 2.05) is 0 Å². The Kier molecular flexibility index (Phi) is 10.2. The number of rotatable bonds is 10. The van der Waals surface area contributed by atoms with Crippen LogP contribution in [0.3, 0.4) is 0 Å². The molecule has 0 amide bonds. The van der Waals surface area contributed by atoms with Crippen LogP contribution in [0.2, 0.25) is 22.2 Å². The van der Waals surface area contributed by atoms with Crippen molar-refractivity contribution in [3.05, 3.63) is 33.1 Å². The molecule has 2 fully saturated rings. The zero-order chi connectivity index (χ0) is 30.3. The van der Waals surface area contributed by atoms with Crippen molar-refractivity contribution in [3.63, 3.8) is 0 Å². The fourth-order valence-electron chi connectivity index (χ4n) is 6.00. The molecule has 4 atom stereocenters. The van der Waals surface area contributed by atoms with Gasteiger partial charge in [0.1, 0.15) is 17.8 Å². The van der Waals surface area contributed by atoms with Gasteiger partial charge in [0, 0.05) is 12.3 Å². The van der Waals surface area contributed by atoms with Gasteiger partial charge in [0.05, 0.1) is 19.5 Å². The lowest BCUT2D eigenvalue weighted by atomic mass is 9.89. The Morgan fingerprint density at radius 3 is 2.15 bits per heavy atom. The van der Waals surface area contributed by atoms with Crippen molar-refractivity contribution in [1.29, 1.82) is 0 Å². The van der Waals surface area contributed by atoms with Crippen LogP contribution in [0.4, 0.5) is 0 Å². The number of nitrogens with zero attached hydrogens (tertiary/aromatic N) is 1. The second-order valence-corrected chi connectivity index (χ2v) is 22.7. The van der Waals surface area contributed by atoms with Crippen LogP contribution in [-0.4, -0.2) is 77.5 Å². The summed E-state index contributed by atoms with van der Waals surface area (Å²) < 4.78 is 56.6. The van der Waals surface area contributed by atoms with E-state index >= 15 is 0 Å². The van der Waals surface area contributed by atoms with E-state index in [0.717, 1.165) is 10.8 Å². The lowest BCUT2D eigenvalue weighted by Gasteiger charge is -2.52. The summed E-state index contributed by atoms with van der Waals surface area (Å²) in [4.78, 5) is 26.9. The number of fused-ring (bicyclic) bond motifs is 1. The Bertz CT molecular complexity index is 1230. The van der Waals surface area contributed by atoms with Gasteiger partial charge in [-0.15, -0.1) is 0 Å². The molecule has 0 aliphatic carbocycles. The molecule has 1 aromatic rings. The first-order valence-corrected chi connectivity index (χ1v) is 19.7. The molecular weight excluding hydrogens is 577 g/mol. The van der Waals surface area contributed by atoms with Gasteiger partial charge in [-0.25, -0.2) is 4.79 Å². The minimum absolute atomic E-state index is 0.0163. The molecule has 12 nitrogen and oxygen atoms in total. The van der Waals surface area contributed by atoms with Gasteiger partial charge in [-0.1, -0.05) is 55.4 Å². The maximum absolute atomic E-state index is 12.9. The van der Waals surface area contributed by atoms with E-state index in [1.165, 1.54) is 12.3 Å². The first-order chi connectivity index (χ1) is 18.4. The molecular formula is C25H46N2O10SSi2. The van der Waals surface area contributed by atoms with Crippen molar-refractivity contribution in [2.24, 2.45) is 0 Å². The Hall–Kier alpha value is -1.18. The van der Waals surface area contributed by atoms with E-state index < -0.39 is 62.5 Å². The van der Waals surface area contributed by atoms with E-state index in [-0.39, 0.29) is 48.2 Å². The molecule has 0 bridgehead atoms. The summed E-state index contributed by atoms with van der Waals surface area (Å²) in [6, 6.07) is 1.18. The molecule has 0 aromatic carbocycles. The smallest absolute Gasteiger partial charge is 0.335 e. The predicted octanol–water partition coefficient (Wildman–Crippen LogP) is 2.88. The Morgan fingerprint density at radius 2 is 1.65 bits per heavy atom. The highest BCUT2D eigenvalue weighted by Gasteiger charge is 2.65. The van der Waals surface area contributed by atoms with Crippen molar-refractivity contribution in [3.8, 4) is 0 Å². The fraction of sp³-hybridized carbons (Fsp3) is 0.840. The molecule has 2 unspecified atom stereocenters. The monoisotopic (exact) mass is 622 g/mol. The highest BCUT2D eigenvalue weighted by Crippen LogP contribution is 2.51. The van der Waals surface area contributed by atoms with Crippen LogP contribution < -0.4 is 11.2 Å². The quantitative estimate of drug-likeness (QED) is 0.226. The molecule has 40 heavy (non-hydrogen) atoms. The lowest BCUT2D eigenvalue weighted by Crippen LogP contribution is -2.67. The summed E-state index contributed by atoms with van der Waals surface area (Å²) in [5, 5.41) is 12.4. The van der Waals surface area contributed by atoms with Crippen LogP contribution in [0.1, 0.15) is 74.5 Å². The molecule has 3 heterocycles. The molecule has 3 rings (SSSR count). The van der Waals surface area contributed by atoms with Gasteiger partial charge in [0.15, 0.2) is 6.23 Å². The van der Waals surface area contributed by atoms with Gasteiger partial charge < -0.3 is 22.8 Å². The van der Waals surface area contributed by atoms with Crippen molar-refractivity contribution in [1.82, 2.24) is 9.55 Å². The first-order valence-electron chi connectivity index (χ1n) is 13.9. The average molecular weight is 623 g/mol. The summed E-state index contributed by atoms with van der Waals surface area (Å²) in [5.74, 6) is 0. The largest absolute Gasteiger partial charge is 0.414 e. The minimum Gasteiger partial charge on any atom is -0.414 e. The zero-order valence-corrected chi connectivity index (χ0v) is 27.8. The number of H-pyrrole nitrogens is 1. The topological polar surface area (TPSA) is 155 Å². The summed E-state index contributed by atoms with van der Waals surface area (Å²) in [7, 11) is -9.74. The first kappa shape index (κ1) is 33.3. The number of hydrogen-bond acceptors (Lipinski definition) is 10. The van der Waals surface area contributed by atoms with Crippen LogP contribution >= 0.6 is 0 Å². The molecule has 15 heteroatoms. The van der Waals surface area contributed by atoms with Gasteiger partial charge in [-0.2, -0.15) is 8.42 Å². The normalized spacial score (nSPS) is 28.7. The number of aromatic amines is 1. The SMILES string of the molecule is CC(C)[Si]1(C(C)C)OCC2OC(n3ccc(=O)[nH]c3=O)[C@@](O)(CCCOS(C)(=O)=O)[C@@H]2O[Si](C(C)C)(C(C)C)O1. The zero-order valence-electron chi connectivity index (χ0n) is 25.0. The van der Waals surface area contributed by atoms with Crippen LogP contribution in [-0.2, 0) is 32.0 Å². The molecule has 2 saturated heterocycles. The number of nitrogens with one attached hydrogen (secondary N) is 1. The van der Waals surface area contributed by atoms with Gasteiger partial charge >= 0.3 is 22.8 Å². The molecule has 2 N–H and O–H groups in total. The fourth-order valence-corrected chi connectivity index (χ4v) is 17.7. The molecule has 230 valence electrons. The van der Waals surface area contributed by atoms with E-state index in [9.17, 15) is 23.1 Å². The molecule has 2 aliphatic heterocycles. The summed E-state index contributed by atoms with van der Waals surface area (Å²) in [6.45, 7) is 16.5. The van der Waals surface area contributed by atoms with Crippen LogP contribution in [0, 0.1) is 0 Å². The second-order valence-electron chi connectivity index (χ2n) is 12.2. The summed E-state index contributed by atoms with van der Waals surface area (Å²) in [6.07, 6.45) is -0.623. The van der Waals surface area contributed by atoms with Gasteiger partial charge in [-0.05, 0) is 35.0 Å². The lowest BCUT2D eigenvalue weighted by molar-refractivity contribution is -0.116. The van der Waals surface area contributed by atoms with Gasteiger partial charge in [0.25, 0.3) is 15.7 Å². The van der Waals surface area contributed by atoms with E-state index in [2.05, 4.69) is 60.4 Å². The third-order valence-electron chi connectivity index (χ3n) is 8.01. The summed E-state index contributed by atoms with van der Waals surface area (Å²) in [5.41, 5.74) is -2.98. The van der Waals surface area contributed by atoms with E-state index in [4.69, 9.17) is 21.9 Å². The highest BCUT2D eigenvalue weighted by molar-refractivity contribution is 7.85. The van der Waals surface area contributed by atoms with E-state index in [1.54, 1.807) is 0 Å². The molecule has 0 spiro atoms. The molecule has 1 aromatic heterocycles. The Balaban J connectivity index is 2.16. The van der Waals surface area contributed by atoms with Crippen molar-refractivity contribution >= 4 is 27.2 Å².